The van der Waals surface area contributed by atoms with Crippen LogP contribution < -0.4 is 9.64 Å². The van der Waals surface area contributed by atoms with Crippen LogP contribution in [-0.4, -0.2) is 24.6 Å². The molecule has 0 aromatic heterocycles. The van der Waals surface area contributed by atoms with Crippen molar-refractivity contribution in [2.45, 2.75) is 25.4 Å². The number of alkyl halides is 1. The van der Waals surface area contributed by atoms with Gasteiger partial charge in [0.1, 0.15) is 24.3 Å². The van der Waals surface area contributed by atoms with E-state index in [9.17, 15) is 18.4 Å². The number of terminal acetylenes is 1. The first-order chi connectivity index (χ1) is 11.4. The Hall–Kier alpha value is -2.39. The van der Waals surface area contributed by atoms with Crippen molar-refractivity contribution in [3.05, 3.63) is 34.1 Å². The van der Waals surface area contributed by atoms with Gasteiger partial charge in [0, 0.05) is 23.6 Å². The van der Waals surface area contributed by atoms with Crippen LogP contribution in [-0.2, 0) is 9.59 Å². The molecule has 1 aromatic carbocycles. The first-order valence-electron chi connectivity index (χ1n) is 7.24. The molecule has 1 atom stereocenters. The quantitative estimate of drug-likeness (QED) is 0.620. The number of benzene rings is 1. The average molecular weight is 352 g/mol. The molecule has 0 saturated heterocycles. The van der Waals surface area contributed by atoms with Gasteiger partial charge in [0.05, 0.1) is 10.7 Å². The first-order valence-corrected chi connectivity index (χ1v) is 7.62. The van der Waals surface area contributed by atoms with Crippen molar-refractivity contribution in [3.63, 3.8) is 0 Å². The molecule has 0 fully saturated rings. The lowest BCUT2D eigenvalue weighted by atomic mass is 9.92. The second-order valence-electron chi connectivity index (χ2n) is 5.47. The Morgan fingerprint density at radius 1 is 1.33 bits per heavy atom. The third-order valence-corrected chi connectivity index (χ3v) is 4.27. The summed E-state index contributed by atoms with van der Waals surface area (Å²) in [6.45, 7) is -0.106. The molecule has 1 aliphatic heterocycles. The number of imide groups is 1. The van der Waals surface area contributed by atoms with Gasteiger partial charge in [-0.3, -0.25) is 9.59 Å². The van der Waals surface area contributed by atoms with Crippen LogP contribution in [0.5, 0.6) is 5.75 Å². The van der Waals surface area contributed by atoms with E-state index in [4.69, 9.17) is 22.8 Å². The van der Waals surface area contributed by atoms with E-state index in [0.29, 0.717) is 4.90 Å². The maximum absolute atomic E-state index is 14.3. The number of hydrogen-bond donors (Lipinski definition) is 0. The number of hydrogen-bond acceptors (Lipinski definition) is 3. The summed E-state index contributed by atoms with van der Waals surface area (Å²) in [6.07, 6.45) is 4.12. The summed E-state index contributed by atoms with van der Waals surface area (Å²) in [4.78, 5) is 25.6. The van der Waals surface area contributed by atoms with Crippen molar-refractivity contribution >= 4 is 29.1 Å². The van der Waals surface area contributed by atoms with Crippen molar-refractivity contribution in [2.75, 3.05) is 11.5 Å². The Balaban J connectivity index is 2.00. The summed E-state index contributed by atoms with van der Waals surface area (Å²) in [5.41, 5.74) is 0.0692. The molecule has 2 amide bonds. The molecule has 1 heterocycles. The molecule has 124 valence electrons. The topological polar surface area (TPSA) is 46.6 Å². The summed E-state index contributed by atoms with van der Waals surface area (Å²) in [7, 11) is 0. The van der Waals surface area contributed by atoms with Crippen LogP contribution in [0, 0.1) is 18.2 Å². The molecular formula is C17H12ClF2NO3. The smallest absolute Gasteiger partial charge is 0.261 e. The number of nitrogens with zero attached hydrogens (tertiary/aromatic N) is 1. The Labute approximate surface area is 142 Å². The van der Waals surface area contributed by atoms with Gasteiger partial charge in [-0.2, -0.15) is 0 Å². The third kappa shape index (κ3) is 2.65. The largest absolute Gasteiger partial charge is 0.479 e. The average Bonchev–Trinajstić information content (AvgIpc) is 2.78. The molecule has 1 aromatic rings. The van der Waals surface area contributed by atoms with Gasteiger partial charge in [0.2, 0.25) is 0 Å². The van der Waals surface area contributed by atoms with E-state index in [2.05, 4.69) is 5.92 Å². The standard InChI is InChI=1S/C17H12ClF2NO3/c1-2-5-24-15-8-14(13(20)7-12(15)18)21-16(22)10-4-3-9(19)6-11(10)17(21)23/h1,7-9H,3-6H2. The molecular weight excluding hydrogens is 340 g/mol. The van der Waals surface area contributed by atoms with Crippen LogP contribution in [0.1, 0.15) is 19.3 Å². The molecule has 0 bridgehead atoms. The molecule has 0 spiro atoms. The fourth-order valence-electron chi connectivity index (χ4n) is 2.85. The minimum absolute atomic E-state index is 0.0351. The maximum Gasteiger partial charge on any atom is 0.261 e. The van der Waals surface area contributed by atoms with Crippen molar-refractivity contribution in [2.24, 2.45) is 0 Å². The molecule has 2 aliphatic rings. The van der Waals surface area contributed by atoms with Gasteiger partial charge in [0.25, 0.3) is 11.8 Å². The zero-order valence-electron chi connectivity index (χ0n) is 12.4. The summed E-state index contributed by atoms with van der Waals surface area (Å²) < 4.78 is 33.0. The van der Waals surface area contributed by atoms with Gasteiger partial charge < -0.3 is 4.74 Å². The number of halogens is 3. The van der Waals surface area contributed by atoms with Crippen molar-refractivity contribution in [1.82, 2.24) is 0 Å². The molecule has 0 saturated carbocycles. The van der Waals surface area contributed by atoms with Crippen LogP contribution in [0.3, 0.4) is 0 Å². The predicted molar refractivity (Wildman–Crippen MR) is 84.0 cm³/mol. The van der Waals surface area contributed by atoms with Crippen molar-refractivity contribution in [1.29, 1.82) is 0 Å². The van der Waals surface area contributed by atoms with Gasteiger partial charge in [-0.15, -0.1) is 6.42 Å². The monoisotopic (exact) mass is 351 g/mol. The van der Waals surface area contributed by atoms with E-state index >= 15 is 0 Å². The Morgan fingerprint density at radius 3 is 2.75 bits per heavy atom. The van der Waals surface area contributed by atoms with E-state index in [1.165, 1.54) is 0 Å². The lowest BCUT2D eigenvalue weighted by Crippen LogP contribution is -2.32. The van der Waals surface area contributed by atoms with E-state index in [-0.39, 0.29) is 53.5 Å². The zero-order chi connectivity index (χ0) is 17.4. The van der Waals surface area contributed by atoms with Crippen LogP contribution in [0.2, 0.25) is 5.02 Å². The molecule has 1 aliphatic carbocycles. The highest BCUT2D eigenvalue weighted by Gasteiger charge is 2.43. The Kier molecular flexibility index (Phi) is 4.29. The zero-order valence-corrected chi connectivity index (χ0v) is 13.2. The van der Waals surface area contributed by atoms with E-state index in [1.807, 2.05) is 0 Å². The van der Waals surface area contributed by atoms with Gasteiger partial charge in [-0.1, -0.05) is 17.5 Å². The summed E-state index contributed by atoms with van der Waals surface area (Å²) in [6, 6.07) is 2.09. The Morgan fingerprint density at radius 2 is 2.04 bits per heavy atom. The van der Waals surface area contributed by atoms with Crippen LogP contribution in [0.4, 0.5) is 14.5 Å². The van der Waals surface area contributed by atoms with Crippen LogP contribution >= 0.6 is 11.6 Å². The van der Waals surface area contributed by atoms with E-state index in [0.717, 1.165) is 12.1 Å². The van der Waals surface area contributed by atoms with Gasteiger partial charge >= 0.3 is 0 Å². The number of rotatable bonds is 3. The molecule has 0 N–H and O–H groups in total. The number of carbonyl (C=O) groups excluding carboxylic acids is 2. The highest BCUT2D eigenvalue weighted by atomic mass is 35.5. The summed E-state index contributed by atoms with van der Waals surface area (Å²) >= 11 is 5.88. The van der Waals surface area contributed by atoms with Crippen LogP contribution in [0.25, 0.3) is 0 Å². The minimum Gasteiger partial charge on any atom is -0.479 e. The first kappa shape index (κ1) is 16.5. The SMILES string of the molecule is C#CCOc1cc(N2C(=O)C3=C(CC(F)CC3)C2=O)c(F)cc1Cl. The third-order valence-electron chi connectivity index (χ3n) is 3.97. The molecule has 1 unspecified atom stereocenters. The molecule has 3 rings (SSSR count). The highest BCUT2D eigenvalue weighted by molar-refractivity contribution is 6.34. The molecule has 0 radical (unpaired) electrons. The summed E-state index contributed by atoms with van der Waals surface area (Å²) in [5.74, 6) is 0.0980. The fraction of sp³-hybridized carbons (Fsp3) is 0.294. The van der Waals surface area contributed by atoms with Gasteiger partial charge in [-0.05, 0) is 18.9 Å². The van der Waals surface area contributed by atoms with E-state index in [1.54, 1.807) is 0 Å². The van der Waals surface area contributed by atoms with Crippen LogP contribution in [0.15, 0.2) is 23.3 Å². The van der Waals surface area contributed by atoms with Crippen molar-refractivity contribution < 1.29 is 23.1 Å². The lowest BCUT2D eigenvalue weighted by Gasteiger charge is -2.17. The van der Waals surface area contributed by atoms with E-state index < -0.39 is 23.8 Å². The predicted octanol–water partition coefficient (Wildman–Crippen LogP) is 3.18. The number of anilines is 1. The van der Waals surface area contributed by atoms with Gasteiger partial charge in [-0.25, -0.2) is 13.7 Å². The minimum atomic E-state index is -1.18. The normalized spacial score (nSPS) is 20.2. The van der Waals surface area contributed by atoms with Crippen molar-refractivity contribution in [3.8, 4) is 18.1 Å². The molecule has 7 heteroatoms. The summed E-state index contributed by atoms with van der Waals surface area (Å²) in [5, 5.41) is -0.0351. The fourth-order valence-corrected chi connectivity index (χ4v) is 3.06. The number of carbonyl (C=O) groups is 2. The molecule has 4 nitrogen and oxygen atoms in total. The van der Waals surface area contributed by atoms with Gasteiger partial charge in [0.15, 0.2) is 0 Å². The molecule has 24 heavy (non-hydrogen) atoms. The Bertz CT molecular complexity index is 813. The number of amides is 2. The second kappa shape index (κ2) is 6.25. The maximum atomic E-state index is 14.3. The lowest BCUT2D eigenvalue weighted by molar-refractivity contribution is -0.120. The highest BCUT2D eigenvalue weighted by Crippen LogP contribution is 2.40. The second-order valence-corrected chi connectivity index (χ2v) is 5.88. The number of ether oxygens (including phenoxy) is 1.